The number of nitrogens with one attached hydrogen (secondary N) is 2. The van der Waals surface area contributed by atoms with E-state index in [9.17, 15) is 18.3 Å². The minimum absolute atomic E-state index is 0.130. The van der Waals surface area contributed by atoms with Crippen molar-refractivity contribution in [2.75, 3.05) is 42.6 Å². The van der Waals surface area contributed by atoms with Crippen molar-refractivity contribution in [1.82, 2.24) is 19.9 Å². The molecule has 1 atom stereocenters. The standard InChI is InChI=1S/C23H33BrN6O4S/c24-18-15-26-23(27-16-18)29-20(22(31)32)9-13-30(12-4-14-35(33)34)11-2-1-6-19-8-7-17-5-3-10-25-21(17)28-19/h7-8,15-16,20,35H,1-6,9-14H2,(H,25,28)(H,31,32)(H,26,27,29). The van der Waals surface area contributed by atoms with Gasteiger partial charge in [-0.25, -0.2) is 28.2 Å². The highest BCUT2D eigenvalue weighted by atomic mass is 79.9. The predicted molar refractivity (Wildman–Crippen MR) is 140 cm³/mol. The van der Waals surface area contributed by atoms with Gasteiger partial charge in [0.05, 0.1) is 4.47 Å². The van der Waals surface area contributed by atoms with Gasteiger partial charge in [-0.15, -0.1) is 0 Å². The first kappa shape index (κ1) is 27.3. The van der Waals surface area contributed by atoms with Crippen LogP contribution in [-0.4, -0.2) is 77.3 Å². The summed E-state index contributed by atoms with van der Waals surface area (Å²) in [5.74, 6) is 0.406. The number of aliphatic carboxylic acids is 1. The molecule has 10 nitrogen and oxygen atoms in total. The Hall–Kier alpha value is -2.31. The van der Waals surface area contributed by atoms with Crippen LogP contribution >= 0.6 is 15.9 Å². The van der Waals surface area contributed by atoms with Gasteiger partial charge in [0.25, 0.3) is 0 Å². The van der Waals surface area contributed by atoms with Gasteiger partial charge < -0.3 is 20.6 Å². The number of hydrogen-bond acceptors (Lipinski definition) is 9. The van der Waals surface area contributed by atoms with E-state index in [-0.39, 0.29) is 11.7 Å². The van der Waals surface area contributed by atoms with Gasteiger partial charge in [-0.1, -0.05) is 6.07 Å². The highest BCUT2D eigenvalue weighted by molar-refractivity contribution is 9.10. The summed E-state index contributed by atoms with van der Waals surface area (Å²) < 4.78 is 22.7. The Kier molecular flexibility index (Phi) is 11.1. The smallest absolute Gasteiger partial charge is 0.326 e. The maximum atomic E-state index is 11.8. The molecule has 1 unspecified atom stereocenters. The number of aryl methyl sites for hydroxylation is 2. The molecular formula is C23H33BrN6O4S. The van der Waals surface area contributed by atoms with Crippen molar-refractivity contribution in [1.29, 1.82) is 0 Å². The van der Waals surface area contributed by atoms with Crippen molar-refractivity contribution < 1.29 is 18.3 Å². The Morgan fingerprint density at radius 2 is 1.94 bits per heavy atom. The number of carboxylic acid groups (broad SMARTS) is 1. The zero-order chi connectivity index (χ0) is 25.0. The number of fused-ring (bicyclic) bond motifs is 1. The Morgan fingerprint density at radius 1 is 1.17 bits per heavy atom. The first-order chi connectivity index (χ1) is 16.9. The van der Waals surface area contributed by atoms with Crippen molar-refractivity contribution in [2.24, 2.45) is 0 Å². The van der Waals surface area contributed by atoms with Gasteiger partial charge in [0, 0.05) is 36.9 Å². The molecule has 0 spiro atoms. The number of thiol groups is 1. The second-order valence-corrected chi connectivity index (χ2v) is 10.6. The number of pyridine rings is 1. The van der Waals surface area contributed by atoms with E-state index in [0.717, 1.165) is 56.7 Å². The molecule has 1 aliphatic rings. The summed E-state index contributed by atoms with van der Waals surface area (Å²) in [4.78, 5) is 26.8. The molecule has 0 amide bonds. The number of carboxylic acids is 1. The highest BCUT2D eigenvalue weighted by Gasteiger charge is 2.20. The molecule has 0 aromatic carbocycles. The van der Waals surface area contributed by atoms with E-state index in [2.05, 4.69) is 53.6 Å². The number of anilines is 2. The molecule has 192 valence electrons. The van der Waals surface area contributed by atoms with Crippen LogP contribution in [0.2, 0.25) is 0 Å². The highest BCUT2D eigenvalue weighted by Crippen LogP contribution is 2.20. The number of aromatic nitrogens is 3. The molecule has 0 aliphatic carbocycles. The fourth-order valence-electron chi connectivity index (χ4n) is 4.02. The van der Waals surface area contributed by atoms with E-state index >= 15 is 0 Å². The van der Waals surface area contributed by atoms with Crippen molar-refractivity contribution in [3.63, 3.8) is 0 Å². The molecule has 0 saturated heterocycles. The minimum atomic E-state index is -2.42. The van der Waals surface area contributed by atoms with Crippen molar-refractivity contribution in [3.05, 3.63) is 40.3 Å². The third-order valence-corrected chi connectivity index (χ3v) is 6.97. The zero-order valence-electron chi connectivity index (χ0n) is 19.7. The van der Waals surface area contributed by atoms with Crippen molar-refractivity contribution in [2.45, 2.75) is 51.0 Å². The molecule has 12 heteroatoms. The molecule has 0 bridgehead atoms. The third-order valence-electron chi connectivity index (χ3n) is 5.88. The molecule has 3 N–H and O–H groups in total. The van der Waals surface area contributed by atoms with Crippen LogP contribution in [0.25, 0.3) is 0 Å². The molecule has 3 heterocycles. The first-order valence-corrected chi connectivity index (χ1v) is 14.1. The molecule has 0 radical (unpaired) electrons. The monoisotopic (exact) mass is 568 g/mol. The van der Waals surface area contributed by atoms with E-state index in [0.29, 0.717) is 30.4 Å². The zero-order valence-corrected chi connectivity index (χ0v) is 22.1. The summed E-state index contributed by atoms with van der Waals surface area (Å²) in [6.45, 7) is 2.86. The van der Waals surface area contributed by atoms with E-state index in [1.807, 2.05) is 0 Å². The lowest BCUT2D eigenvalue weighted by Gasteiger charge is -2.24. The lowest BCUT2D eigenvalue weighted by molar-refractivity contribution is -0.138. The SMILES string of the molecule is O=C(O)C(CCN(CCCCc1ccc2c(n1)NCCC2)CCC[SH](=O)=O)Nc1ncc(Br)cn1. The summed E-state index contributed by atoms with van der Waals surface area (Å²) in [5, 5.41) is 15.9. The summed E-state index contributed by atoms with van der Waals surface area (Å²) in [6, 6.07) is 3.41. The summed E-state index contributed by atoms with van der Waals surface area (Å²) in [5.41, 5.74) is 2.34. The minimum Gasteiger partial charge on any atom is -0.480 e. The first-order valence-electron chi connectivity index (χ1n) is 11.9. The van der Waals surface area contributed by atoms with Crippen molar-refractivity contribution in [3.8, 4) is 0 Å². The van der Waals surface area contributed by atoms with Gasteiger partial charge in [0.1, 0.15) is 22.6 Å². The summed E-state index contributed by atoms with van der Waals surface area (Å²) in [7, 11) is -2.42. The Morgan fingerprint density at radius 3 is 2.69 bits per heavy atom. The average molecular weight is 570 g/mol. The van der Waals surface area contributed by atoms with Gasteiger partial charge >= 0.3 is 5.97 Å². The van der Waals surface area contributed by atoms with Gasteiger partial charge in [-0.3, -0.25) is 0 Å². The Bertz CT molecular complexity index is 1030. The van der Waals surface area contributed by atoms with Gasteiger partial charge in [0.2, 0.25) is 5.95 Å². The fraction of sp³-hybridized carbons (Fsp3) is 0.565. The van der Waals surface area contributed by atoms with Gasteiger partial charge in [-0.05, 0) is 85.6 Å². The van der Waals surface area contributed by atoms with Crippen LogP contribution in [-0.2, 0) is 28.3 Å². The maximum Gasteiger partial charge on any atom is 0.326 e. The maximum absolute atomic E-state index is 11.8. The number of halogens is 1. The quantitative estimate of drug-likeness (QED) is 0.187. The van der Waals surface area contributed by atoms with Crippen LogP contribution in [0.1, 0.15) is 43.4 Å². The van der Waals surface area contributed by atoms with Crippen molar-refractivity contribution >= 4 is 44.4 Å². The van der Waals surface area contributed by atoms with Crippen LogP contribution in [0.15, 0.2) is 29.0 Å². The number of unbranched alkanes of at least 4 members (excludes halogenated alkanes) is 1. The molecular weight excluding hydrogens is 536 g/mol. The van der Waals surface area contributed by atoms with Crippen LogP contribution in [0, 0.1) is 0 Å². The number of carbonyl (C=O) groups is 1. The molecule has 2 aromatic rings. The van der Waals surface area contributed by atoms with Crippen LogP contribution < -0.4 is 10.6 Å². The van der Waals surface area contributed by atoms with E-state index in [1.54, 1.807) is 12.4 Å². The van der Waals surface area contributed by atoms with Crippen LogP contribution in [0.4, 0.5) is 11.8 Å². The molecule has 2 aromatic heterocycles. The fourth-order valence-corrected chi connectivity index (χ4v) is 4.62. The van der Waals surface area contributed by atoms with Gasteiger partial charge in [-0.2, -0.15) is 0 Å². The summed E-state index contributed by atoms with van der Waals surface area (Å²) in [6.07, 6.45) is 8.92. The van der Waals surface area contributed by atoms with Crippen LogP contribution in [0.3, 0.4) is 0 Å². The Balaban J connectivity index is 1.49. The third kappa shape index (κ3) is 9.69. The summed E-state index contributed by atoms with van der Waals surface area (Å²) >= 11 is 3.26. The molecule has 3 rings (SSSR count). The normalized spacial score (nSPS) is 13.9. The van der Waals surface area contributed by atoms with E-state index in [4.69, 9.17) is 4.98 Å². The molecule has 35 heavy (non-hydrogen) atoms. The molecule has 1 aliphatic heterocycles. The molecule has 0 saturated carbocycles. The van der Waals surface area contributed by atoms with Gasteiger partial charge in [0.15, 0.2) is 0 Å². The largest absolute Gasteiger partial charge is 0.480 e. The Labute approximate surface area is 216 Å². The lowest BCUT2D eigenvalue weighted by atomic mass is 10.1. The topological polar surface area (TPSA) is 137 Å². The van der Waals surface area contributed by atoms with E-state index < -0.39 is 22.7 Å². The number of hydrogen-bond donors (Lipinski definition) is 4. The lowest BCUT2D eigenvalue weighted by Crippen LogP contribution is -2.36. The predicted octanol–water partition coefficient (Wildman–Crippen LogP) is 2.57. The number of nitrogens with zero attached hydrogens (tertiary/aromatic N) is 4. The second kappa shape index (κ2) is 14.3. The number of rotatable bonds is 15. The second-order valence-electron chi connectivity index (χ2n) is 8.60. The van der Waals surface area contributed by atoms with E-state index in [1.165, 1.54) is 5.56 Å². The molecule has 0 fully saturated rings. The average Bonchev–Trinajstić information content (AvgIpc) is 2.84. The van der Waals surface area contributed by atoms with Crippen LogP contribution in [0.5, 0.6) is 0 Å².